The van der Waals surface area contributed by atoms with Crippen molar-refractivity contribution in [2.24, 2.45) is 0 Å². The number of ketones is 1. The number of anilines is 1. The van der Waals surface area contributed by atoms with Crippen LogP contribution >= 0.6 is 0 Å². The minimum Gasteiger partial charge on any atom is -0.484 e. The number of carbonyl (C=O) groups is 2. The second kappa shape index (κ2) is 9.72. The molecule has 0 saturated carbocycles. The summed E-state index contributed by atoms with van der Waals surface area (Å²) < 4.78 is 67.7. The molecule has 2 N–H and O–H groups in total. The van der Waals surface area contributed by atoms with E-state index in [1.54, 1.807) is 0 Å². The highest BCUT2D eigenvalue weighted by Crippen LogP contribution is 2.20. The zero-order valence-corrected chi connectivity index (χ0v) is 16.6. The maximum absolute atomic E-state index is 12.3. The van der Waals surface area contributed by atoms with Gasteiger partial charge in [0.15, 0.2) is 12.4 Å². The maximum Gasteiger partial charge on any atom is 0.422 e. The Balaban J connectivity index is 1.84. The SMILES string of the molecule is CC(=O)c1cccc(S(=O)(=O)NCCC(=O)Nc2ccc(OCC(F)(F)F)cc2)c1. The molecule has 0 atom stereocenters. The van der Waals surface area contributed by atoms with Crippen molar-refractivity contribution in [1.82, 2.24) is 4.72 Å². The summed E-state index contributed by atoms with van der Waals surface area (Å²) in [7, 11) is -3.90. The molecule has 0 saturated heterocycles. The van der Waals surface area contributed by atoms with Crippen LogP contribution in [0.15, 0.2) is 53.4 Å². The lowest BCUT2D eigenvalue weighted by molar-refractivity contribution is -0.153. The number of hydrogen-bond donors (Lipinski definition) is 2. The highest BCUT2D eigenvalue weighted by molar-refractivity contribution is 7.89. The van der Waals surface area contributed by atoms with E-state index < -0.39 is 28.7 Å². The van der Waals surface area contributed by atoms with Gasteiger partial charge < -0.3 is 10.1 Å². The molecule has 2 rings (SSSR count). The van der Waals surface area contributed by atoms with Crippen molar-refractivity contribution in [2.45, 2.75) is 24.4 Å². The third kappa shape index (κ3) is 7.48. The summed E-state index contributed by atoms with van der Waals surface area (Å²) >= 11 is 0. The van der Waals surface area contributed by atoms with Crippen LogP contribution < -0.4 is 14.8 Å². The van der Waals surface area contributed by atoms with Gasteiger partial charge in [-0.25, -0.2) is 13.1 Å². The molecule has 2 aromatic carbocycles. The number of benzene rings is 2. The van der Waals surface area contributed by atoms with E-state index in [9.17, 15) is 31.2 Å². The summed E-state index contributed by atoms with van der Waals surface area (Å²) in [5, 5.41) is 2.50. The molecule has 0 aliphatic carbocycles. The number of hydrogen-bond acceptors (Lipinski definition) is 5. The molecule has 11 heteroatoms. The van der Waals surface area contributed by atoms with Crippen LogP contribution in [0.4, 0.5) is 18.9 Å². The maximum atomic E-state index is 12.3. The zero-order chi connectivity index (χ0) is 22.4. The van der Waals surface area contributed by atoms with Gasteiger partial charge in [0.05, 0.1) is 4.90 Å². The molecule has 0 radical (unpaired) electrons. The second-order valence-corrected chi connectivity index (χ2v) is 7.98. The average molecular weight is 444 g/mol. The van der Waals surface area contributed by atoms with Crippen molar-refractivity contribution in [3.63, 3.8) is 0 Å². The fourth-order valence-electron chi connectivity index (χ4n) is 2.29. The molecule has 0 unspecified atom stereocenters. The van der Waals surface area contributed by atoms with Gasteiger partial charge in [0.1, 0.15) is 5.75 Å². The van der Waals surface area contributed by atoms with Crippen molar-refractivity contribution in [3.8, 4) is 5.75 Å². The van der Waals surface area contributed by atoms with Crippen LogP contribution in [0.3, 0.4) is 0 Å². The summed E-state index contributed by atoms with van der Waals surface area (Å²) in [6.07, 6.45) is -4.63. The molecule has 1 amide bonds. The van der Waals surface area contributed by atoms with Crippen LogP contribution in [0, 0.1) is 0 Å². The molecule has 0 bridgehead atoms. The van der Waals surface area contributed by atoms with Gasteiger partial charge in [-0.2, -0.15) is 13.2 Å². The first-order valence-corrected chi connectivity index (χ1v) is 10.1. The van der Waals surface area contributed by atoms with Crippen molar-refractivity contribution >= 4 is 27.4 Å². The van der Waals surface area contributed by atoms with Gasteiger partial charge in [-0.15, -0.1) is 0 Å². The van der Waals surface area contributed by atoms with E-state index in [2.05, 4.69) is 14.8 Å². The molecule has 30 heavy (non-hydrogen) atoms. The van der Waals surface area contributed by atoms with Gasteiger partial charge in [-0.3, -0.25) is 9.59 Å². The number of carbonyl (C=O) groups excluding carboxylic acids is 2. The van der Waals surface area contributed by atoms with Crippen molar-refractivity contribution < 1.29 is 35.9 Å². The number of alkyl halides is 3. The van der Waals surface area contributed by atoms with Crippen molar-refractivity contribution in [3.05, 3.63) is 54.1 Å². The van der Waals surface area contributed by atoms with Crippen LogP contribution in [-0.2, 0) is 14.8 Å². The molecule has 0 heterocycles. The fraction of sp³-hybridized carbons (Fsp3) is 0.263. The first-order chi connectivity index (χ1) is 14.0. The molecule has 0 aliphatic rings. The highest BCUT2D eigenvalue weighted by Gasteiger charge is 2.28. The Hall–Kier alpha value is -2.92. The Labute approximate surface area is 171 Å². The molecule has 0 aliphatic heterocycles. The standard InChI is InChI=1S/C19H19F3N2O5S/c1-13(25)14-3-2-4-17(11-14)30(27,28)23-10-9-18(26)24-15-5-7-16(8-6-15)29-12-19(20,21)22/h2-8,11,23H,9-10,12H2,1H3,(H,24,26). The van der Waals surface area contributed by atoms with Crippen LogP contribution in [0.25, 0.3) is 0 Å². The number of amides is 1. The van der Waals surface area contributed by atoms with E-state index in [1.165, 1.54) is 55.5 Å². The first-order valence-electron chi connectivity index (χ1n) is 8.66. The van der Waals surface area contributed by atoms with Gasteiger partial charge in [0.2, 0.25) is 15.9 Å². The van der Waals surface area contributed by atoms with E-state index in [0.29, 0.717) is 5.69 Å². The molecule has 0 spiro atoms. The number of ether oxygens (including phenoxy) is 1. The van der Waals surface area contributed by atoms with Gasteiger partial charge in [-0.1, -0.05) is 12.1 Å². The number of rotatable bonds is 9. The van der Waals surface area contributed by atoms with Crippen molar-refractivity contribution in [2.75, 3.05) is 18.5 Å². The zero-order valence-electron chi connectivity index (χ0n) is 15.8. The largest absolute Gasteiger partial charge is 0.484 e. The topological polar surface area (TPSA) is 102 Å². The van der Waals surface area contributed by atoms with Crippen LogP contribution in [0.2, 0.25) is 0 Å². The molecular weight excluding hydrogens is 425 g/mol. The number of Topliss-reactive ketones (excluding diaryl/α,β-unsaturated/α-hetero) is 1. The summed E-state index contributed by atoms with van der Waals surface area (Å²) in [6.45, 7) is -0.294. The Morgan fingerprint density at radius 3 is 2.33 bits per heavy atom. The third-order valence-corrected chi connectivity index (χ3v) is 5.19. The van der Waals surface area contributed by atoms with Gasteiger partial charge in [0.25, 0.3) is 0 Å². The molecule has 7 nitrogen and oxygen atoms in total. The monoisotopic (exact) mass is 444 g/mol. The Bertz CT molecular complexity index is 1010. The fourth-order valence-corrected chi connectivity index (χ4v) is 3.36. The third-order valence-electron chi connectivity index (χ3n) is 3.74. The lowest BCUT2D eigenvalue weighted by Crippen LogP contribution is -2.28. The van der Waals surface area contributed by atoms with E-state index in [0.717, 1.165) is 0 Å². The first kappa shape index (κ1) is 23.4. The van der Waals surface area contributed by atoms with Crippen LogP contribution in [0.1, 0.15) is 23.7 Å². The molecule has 0 aromatic heterocycles. The van der Waals surface area contributed by atoms with E-state index in [1.807, 2.05) is 0 Å². The minimum atomic E-state index is -4.45. The van der Waals surface area contributed by atoms with Crippen LogP contribution in [0.5, 0.6) is 5.75 Å². The number of nitrogens with one attached hydrogen (secondary N) is 2. The molecule has 2 aromatic rings. The second-order valence-electron chi connectivity index (χ2n) is 6.21. The number of halogens is 3. The lowest BCUT2D eigenvalue weighted by Gasteiger charge is -2.10. The van der Waals surface area contributed by atoms with Crippen molar-refractivity contribution in [1.29, 1.82) is 0 Å². The van der Waals surface area contributed by atoms with Gasteiger partial charge in [-0.05, 0) is 43.3 Å². The van der Waals surface area contributed by atoms with E-state index in [-0.39, 0.29) is 35.0 Å². The highest BCUT2D eigenvalue weighted by atomic mass is 32.2. The summed E-state index contributed by atoms with van der Waals surface area (Å²) in [6, 6.07) is 10.8. The smallest absolute Gasteiger partial charge is 0.422 e. The van der Waals surface area contributed by atoms with Gasteiger partial charge in [0, 0.05) is 24.2 Å². The molecule has 0 fully saturated rings. The predicted molar refractivity (Wildman–Crippen MR) is 103 cm³/mol. The van der Waals surface area contributed by atoms with E-state index >= 15 is 0 Å². The lowest BCUT2D eigenvalue weighted by atomic mass is 10.2. The van der Waals surface area contributed by atoms with Crippen LogP contribution in [-0.4, -0.2) is 39.4 Å². The Morgan fingerprint density at radius 1 is 1.07 bits per heavy atom. The average Bonchev–Trinajstić information content (AvgIpc) is 2.67. The molecule has 162 valence electrons. The molecular formula is C19H19F3N2O5S. The number of sulfonamides is 1. The Kier molecular flexibility index (Phi) is 7.57. The summed E-state index contributed by atoms with van der Waals surface area (Å²) in [5.74, 6) is -0.786. The summed E-state index contributed by atoms with van der Waals surface area (Å²) in [4.78, 5) is 23.2. The van der Waals surface area contributed by atoms with Gasteiger partial charge >= 0.3 is 6.18 Å². The minimum absolute atomic E-state index is 0.00845. The summed E-state index contributed by atoms with van der Waals surface area (Å²) in [5.41, 5.74) is 0.564. The normalized spacial score (nSPS) is 11.7. The predicted octanol–water partition coefficient (Wildman–Crippen LogP) is 3.14. The quantitative estimate of drug-likeness (QED) is 0.579. The Morgan fingerprint density at radius 2 is 1.73 bits per heavy atom. The van der Waals surface area contributed by atoms with E-state index in [4.69, 9.17) is 0 Å².